The van der Waals surface area contributed by atoms with Crippen LogP contribution < -0.4 is 10.5 Å². The number of hydrogen-bond donors (Lipinski definition) is 2. The average molecular weight is 412 g/mol. The molecule has 154 valence electrons. The van der Waals surface area contributed by atoms with Crippen LogP contribution in [0, 0.1) is 0 Å². The lowest BCUT2D eigenvalue weighted by atomic mass is 10.0. The Hall–Kier alpha value is -2.12. The normalized spacial score (nSPS) is 26.0. The Bertz CT molecular complexity index is 975. The van der Waals surface area contributed by atoms with E-state index in [-0.39, 0.29) is 18.5 Å². The second-order valence-corrected chi connectivity index (χ2v) is 8.32. The van der Waals surface area contributed by atoms with E-state index >= 15 is 0 Å². The molecule has 1 aliphatic rings. The molecule has 3 heterocycles. The zero-order valence-electron chi connectivity index (χ0n) is 16.1. The Labute approximate surface area is 163 Å². The van der Waals surface area contributed by atoms with Gasteiger partial charge in [0.1, 0.15) is 24.1 Å². The van der Waals surface area contributed by atoms with Crippen LogP contribution in [-0.2, 0) is 30.0 Å². The molecule has 1 saturated heterocycles. The quantitative estimate of drug-likeness (QED) is 0.640. The summed E-state index contributed by atoms with van der Waals surface area (Å²) in [6.45, 7) is 3.83. The predicted molar refractivity (Wildman–Crippen MR) is 102 cm³/mol. The van der Waals surface area contributed by atoms with E-state index in [1.54, 1.807) is 4.57 Å². The zero-order valence-corrected chi connectivity index (χ0v) is 16.9. The van der Waals surface area contributed by atoms with Crippen LogP contribution in [-0.4, -0.2) is 67.0 Å². The standard InChI is InChI=1S/C16H24N6O5S/c1-10(2)27-13-11(5-6-28(23,24)18-3)26-7-16(13,25-4)22-9-21-12-14(17)19-8-20-15(12)22/h5-6,8-11,13,18H,7H2,1-4H3,(H2,17,19,20)/b6-5+/t11-,13-,16-/m1/s1. The van der Waals surface area contributed by atoms with Crippen LogP contribution in [0.4, 0.5) is 5.82 Å². The van der Waals surface area contributed by atoms with Crippen molar-refractivity contribution in [1.82, 2.24) is 24.2 Å². The summed E-state index contributed by atoms with van der Waals surface area (Å²) >= 11 is 0. The monoisotopic (exact) mass is 412 g/mol. The SMILES string of the molecule is CNS(=O)(=O)/C=C/[C@H]1OC[C@](OC)(n2cnc3c(N)ncnc32)[C@@H]1OC(C)C. The molecule has 0 spiro atoms. The Morgan fingerprint density at radius 3 is 2.82 bits per heavy atom. The van der Waals surface area contributed by atoms with Crippen LogP contribution in [0.5, 0.6) is 0 Å². The number of nitrogens with one attached hydrogen (secondary N) is 1. The third-order valence-electron chi connectivity index (χ3n) is 4.50. The maximum atomic E-state index is 11.8. The third-order valence-corrected chi connectivity index (χ3v) is 5.58. The summed E-state index contributed by atoms with van der Waals surface area (Å²) in [5.41, 5.74) is 5.66. The first-order chi connectivity index (χ1) is 13.2. The maximum absolute atomic E-state index is 11.8. The number of ether oxygens (including phenoxy) is 3. The zero-order chi connectivity index (χ0) is 20.5. The van der Waals surface area contributed by atoms with Gasteiger partial charge in [-0.15, -0.1) is 0 Å². The number of anilines is 1. The van der Waals surface area contributed by atoms with Crippen molar-refractivity contribution in [2.45, 2.75) is 37.9 Å². The third kappa shape index (κ3) is 3.61. The highest BCUT2D eigenvalue weighted by atomic mass is 32.2. The van der Waals surface area contributed by atoms with Crippen molar-refractivity contribution in [3.05, 3.63) is 24.1 Å². The molecule has 3 atom stereocenters. The van der Waals surface area contributed by atoms with Crippen molar-refractivity contribution in [2.24, 2.45) is 0 Å². The summed E-state index contributed by atoms with van der Waals surface area (Å²) < 4.78 is 45.3. The van der Waals surface area contributed by atoms with Crippen molar-refractivity contribution in [1.29, 1.82) is 0 Å². The van der Waals surface area contributed by atoms with Gasteiger partial charge in [0.05, 0.1) is 19.0 Å². The van der Waals surface area contributed by atoms with Gasteiger partial charge in [0, 0.05) is 12.5 Å². The molecule has 28 heavy (non-hydrogen) atoms. The molecule has 1 aliphatic heterocycles. The number of sulfonamides is 1. The summed E-state index contributed by atoms with van der Waals surface area (Å²) in [5.74, 6) is 0.242. The van der Waals surface area contributed by atoms with E-state index in [2.05, 4.69) is 19.7 Å². The summed E-state index contributed by atoms with van der Waals surface area (Å²) in [7, 11) is -0.708. The number of methoxy groups -OCH3 is 1. The molecule has 11 nitrogen and oxygen atoms in total. The first-order valence-corrected chi connectivity index (χ1v) is 10.2. The number of hydrogen-bond acceptors (Lipinski definition) is 9. The lowest BCUT2D eigenvalue weighted by Crippen LogP contribution is -2.50. The molecule has 0 bridgehead atoms. The fourth-order valence-corrected chi connectivity index (χ4v) is 3.63. The molecule has 0 aliphatic carbocycles. The second kappa shape index (κ2) is 7.72. The molecule has 2 aromatic heterocycles. The highest BCUT2D eigenvalue weighted by molar-refractivity contribution is 7.92. The van der Waals surface area contributed by atoms with Gasteiger partial charge in [-0.3, -0.25) is 4.57 Å². The maximum Gasteiger partial charge on any atom is 0.233 e. The molecule has 2 aromatic rings. The number of nitrogens with two attached hydrogens (primary N) is 1. The van der Waals surface area contributed by atoms with Crippen molar-refractivity contribution in [2.75, 3.05) is 26.5 Å². The van der Waals surface area contributed by atoms with Gasteiger partial charge in [-0.05, 0) is 27.0 Å². The van der Waals surface area contributed by atoms with Crippen LogP contribution in [0.25, 0.3) is 11.2 Å². The van der Waals surface area contributed by atoms with Gasteiger partial charge in [-0.1, -0.05) is 0 Å². The number of nitrogens with zero attached hydrogens (tertiary/aromatic N) is 4. The predicted octanol–water partition coefficient (Wildman–Crippen LogP) is -0.0370. The van der Waals surface area contributed by atoms with Crippen molar-refractivity contribution < 1.29 is 22.6 Å². The highest BCUT2D eigenvalue weighted by Gasteiger charge is 2.53. The topological polar surface area (TPSA) is 143 Å². The van der Waals surface area contributed by atoms with Crippen LogP contribution in [0.15, 0.2) is 24.1 Å². The minimum atomic E-state index is -3.56. The van der Waals surface area contributed by atoms with Gasteiger partial charge >= 0.3 is 0 Å². The van der Waals surface area contributed by atoms with Gasteiger partial charge in [-0.2, -0.15) is 0 Å². The lowest BCUT2D eigenvalue weighted by Gasteiger charge is -2.35. The summed E-state index contributed by atoms with van der Waals surface area (Å²) in [6, 6.07) is 0. The van der Waals surface area contributed by atoms with E-state index in [4.69, 9.17) is 19.9 Å². The minimum Gasteiger partial charge on any atom is -0.382 e. The average Bonchev–Trinajstić information content (AvgIpc) is 3.23. The van der Waals surface area contributed by atoms with Crippen molar-refractivity contribution in [3.63, 3.8) is 0 Å². The summed E-state index contributed by atoms with van der Waals surface area (Å²) in [4.78, 5) is 12.5. The van der Waals surface area contributed by atoms with E-state index in [0.29, 0.717) is 11.2 Å². The fourth-order valence-electron chi connectivity index (χ4n) is 3.13. The van der Waals surface area contributed by atoms with Crippen LogP contribution >= 0.6 is 0 Å². The number of aromatic nitrogens is 4. The minimum absolute atomic E-state index is 0.0882. The van der Waals surface area contributed by atoms with E-state index in [0.717, 1.165) is 5.41 Å². The molecule has 0 radical (unpaired) electrons. The van der Waals surface area contributed by atoms with Crippen molar-refractivity contribution in [3.8, 4) is 0 Å². The largest absolute Gasteiger partial charge is 0.382 e. The number of nitrogen functional groups attached to an aromatic ring is 1. The molecule has 0 saturated carbocycles. The summed E-state index contributed by atoms with van der Waals surface area (Å²) in [6.07, 6.45) is 2.78. The Balaban J connectivity index is 2.08. The number of imidazole rings is 1. The first kappa shape index (κ1) is 20.6. The molecule has 0 aromatic carbocycles. The van der Waals surface area contributed by atoms with Gasteiger partial charge < -0.3 is 19.9 Å². The van der Waals surface area contributed by atoms with Crippen LogP contribution in [0.1, 0.15) is 13.8 Å². The van der Waals surface area contributed by atoms with Crippen molar-refractivity contribution >= 4 is 27.0 Å². The van der Waals surface area contributed by atoms with E-state index in [9.17, 15) is 8.42 Å². The van der Waals surface area contributed by atoms with Crippen LogP contribution in [0.3, 0.4) is 0 Å². The second-order valence-electron chi connectivity index (χ2n) is 6.55. The van der Waals surface area contributed by atoms with E-state index in [1.165, 1.54) is 32.9 Å². The molecule has 0 amide bonds. The molecular formula is C16H24N6O5S. The Morgan fingerprint density at radius 2 is 2.18 bits per heavy atom. The Kier molecular flexibility index (Phi) is 5.68. The molecule has 0 unspecified atom stereocenters. The van der Waals surface area contributed by atoms with E-state index in [1.807, 2.05) is 13.8 Å². The highest BCUT2D eigenvalue weighted by Crippen LogP contribution is 2.38. The van der Waals surface area contributed by atoms with Gasteiger partial charge in [0.15, 0.2) is 17.2 Å². The number of rotatable bonds is 7. The van der Waals surface area contributed by atoms with E-state index < -0.39 is 28.0 Å². The molecular weight excluding hydrogens is 388 g/mol. The number of fused-ring (bicyclic) bond motifs is 1. The van der Waals surface area contributed by atoms with Gasteiger partial charge in [-0.25, -0.2) is 28.1 Å². The smallest absolute Gasteiger partial charge is 0.233 e. The molecule has 3 rings (SSSR count). The Morgan fingerprint density at radius 1 is 1.43 bits per heavy atom. The molecule has 3 N–H and O–H groups in total. The lowest BCUT2D eigenvalue weighted by molar-refractivity contribution is -0.167. The van der Waals surface area contributed by atoms with Crippen LogP contribution in [0.2, 0.25) is 0 Å². The molecule has 12 heteroatoms. The fraction of sp³-hybridized carbons (Fsp3) is 0.562. The van der Waals surface area contributed by atoms with Gasteiger partial charge in [0.25, 0.3) is 0 Å². The molecule has 1 fully saturated rings. The van der Waals surface area contributed by atoms with Gasteiger partial charge in [0.2, 0.25) is 10.0 Å². The summed E-state index contributed by atoms with van der Waals surface area (Å²) in [5, 5.41) is 1.05. The first-order valence-electron chi connectivity index (χ1n) is 8.62.